The van der Waals surface area contributed by atoms with E-state index in [1.165, 1.54) is 6.07 Å². The molecule has 0 saturated heterocycles. The molecule has 0 aliphatic carbocycles. The number of ether oxygens (including phenoxy) is 1. The van der Waals surface area contributed by atoms with E-state index in [1.54, 1.807) is 0 Å². The summed E-state index contributed by atoms with van der Waals surface area (Å²) in [5, 5.41) is 8.74. The van der Waals surface area contributed by atoms with Gasteiger partial charge in [0.15, 0.2) is 0 Å². The third-order valence-corrected chi connectivity index (χ3v) is 1.79. The SMILES string of the molecule is O=[N+]([O-])c1cccc(OC(=S)C(F)(F)F)c1. The van der Waals surface area contributed by atoms with Crippen LogP contribution in [0.4, 0.5) is 18.9 Å². The zero-order valence-corrected chi connectivity index (χ0v) is 8.34. The second-order valence-electron chi connectivity index (χ2n) is 2.64. The molecule has 1 aromatic carbocycles. The molecule has 86 valence electrons. The zero-order valence-electron chi connectivity index (χ0n) is 7.52. The van der Waals surface area contributed by atoms with Crippen LogP contribution in [0.3, 0.4) is 0 Å². The van der Waals surface area contributed by atoms with Crippen molar-refractivity contribution >= 4 is 23.0 Å². The number of nitrogens with zero attached hydrogens (tertiary/aromatic N) is 1. The maximum atomic E-state index is 12.0. The molecule has 0 radical (unpaired) electrons. The highest BCUT2D eigenvalue weighted by atomic mass is 32.1. The van der Waals surface area contributed by atoms with Gasteiger partial charge in [0.05, 0.1) is 11.0 Å². The number of non-ortho nitro benzene ring substituents is 1. The Morgan fingerprint density at radius 1 is 1.44 bits per heavy atom. The molecule has 0 fully saturated rings. The largest absolute Gasteiger partial charge is 0.460 e. The number of benzene rings is 1. The van der Waals surface area contributed by atoms with E-state index >= 15 is 0 Å². The number of thiocarbonyl (C=S) groups is 1. The van der Waals surface area contributed by atoms with Gasteiger partial charge in [-0.25, -0.2) is 0 Å². The highest BCUT2D eigenvalue weighted by Gasteiger charge is 2.36. The van der Waals surface area contributed by atoms with E-state index in [-0.39, 0.29) is 11.4 Å². The van der Waals surface area contributed by atoms with Crippen molar-refractivity contribution in [3.05, 3.63) is 34.4 Å². The highest BCUT2D eigenvalue weighted by molar-refractivity contribution is 7.80. The van der Waals surface area contributed by atoms with Crippen LogP contribution in [0, 0.1) is 10.1 Å². The van der Waals surface area contributed by atoms with Gasteiger partial charge in [-0.3, -0.25) is 10.1 Å². The highest BCUT2D eigenvalue weighted by Crippen LogP contribution is 2.24. The molecular formula is C8H4F3NO3S. The minimum atomic E-state index is -4.76. The van der Waals surface area contributed by atoms with E-state index in [9.17, 15) is 23.3 Å². The number of alkyl halides is 3. The Morgan fingerprint density at radius 3 is 2.56 bits per heavy atom. The smallest absolute Gasteiger partial charge is 0.441 e. The van der Waals surface area contributed by atoms with E-state index in [2.05, 4.69) is 17.0 Å². The summed E-state index contributed by atoms with van der Waals surface area (Å²) in [6.45, 7) is 0. The summed E-state index contributed by atoms with van der Waals surface area (Å²) in [5.41, 5.74) is -0.373. The molecule has 8 heteroatoms. The van der Waals surface area contributed by atoms with Crippen LogP contribution in [0.1, 0.15) is 0 Å². The summed E-state index contributed by atoms with van der Waals surface area (Å²) in [4.78, 5) is 9.58. The van der Waals surface area contributed by atoms with Gasteiger partial charge >= 0.3 is 6.18 Å². The predicted molar refractivity (Wildman–Crippen MR) is 52.4 cm³/mol. The fourth-order valence-corrected chi connectivity index (χ4v) is 0.922. The lowest BCUT2D eigenvalue weighted by Gasteiger charge is -2.09. The molecule has 0 saturated carbocycles. The number of hydrogen-bond donors (Lipinski definition) is 0. The van der Waals surface area contributed by atoms with Crippen molar-refractivity contribution in [3.8, 4) is 5.75 Å². The maximum absolute atomic E-state index is 12.0. The summed E-state index contributed by atoms with van der Waals surface area (Å²) in [6, 6.07) is 4.33. The Morgan fingerprint density at radius 2 is 2.06 bits per heavy atom. The molecule has 1 rings (SSSR count). The monoisotopic (exact) mass is 251 g/mol. The number of nitro benzene ring substituents is 1. The van der Waals surface area contributed by atoms with Crippen LogP contribution < -0.4 is 4.74 Å². The van der Waals surface area contributed by atoms with E-state index in [4.69, 9.17) is 0 Å². The standard InChI is InChI=1S/C8H4F3NO3S/c9-8(10,11)7(16)15-6-3-1-2-5(4-6)12(13)14/h1-4H. The van der Waals surface area contributed by atoms with E-state index in [1.807, 2.05) is 0 Å². The molecule has 16 heavy (non-hydrogen) atoms. The molecule has 0 bridgehead atoms. The summed E-state index contributed by atoms with van der Waals surface area (Å²) in [7, 11) is 0. The lowest BCUT2D eigenvalue weighted by Crippen LogP contribution is -2.26. The Labute approximate surface area is 92.8 Å². The van der Waals surface area contributed by atoms with Gasteiger partial charge in [0.1, 0.15) is 5.75 Å². The number of halogens is 3. The molecule has 0 N–H and O–H groups in total. The van der Waals surface area contributed by atoms with Crippen molar-refractivity contribution in [1.29, 1.82) is 0 Å². The number of rotatable bonds is 2. The van der Waals surface area contributed by atoms with Gasteiger partial charge in [-0.2, -0.15) is 13.2 Å². The van der Waals surface area contributed by atoms with Crippen LogP contribution in [-0.2, 0) is 0 Å². The van der Waals surface area contributed by atoms with Crippen LogP contribution >= 0.6 is 12.2 Å². The van der Waals surface area contributed by atoms with Crippen molar-refractivity contribution in [3.63, 3.8) is 0 Å². The lowest BCUT2D eigenvalue weighted by atomic mass is 10.3. The van der Waals surface area contributed by atoms with Gasteiger partial charge in [-0.05, 0) is 18.3 Å². The fraction of sp³-hybridized carbons (Fsp3) is 0.125. The van der Waals surface area contributed by atoms with Crippen molar-refractivity contribution in [2.45, 2.75) is 6.18 Å². The van der Waals surface area contributed by atoms with E-state index in [0.29, 0.717) is 0 Å². The summed E-state index contributed by atoms with van der Waals surface area (Å²) >= 11 is 3.97. The zero-order chi connectivity index (χ0) is 12.3. The predicted octanol–water partition coefficient (Wildman–Crippen LogP) is 2.86. The normalized spacial score (nSPS) is 10.9. The second-order valence-corrected chi connectivity index (χ2v) is 3.01. The van der Waals surface area contributed by atoms with Crippen LogP contribution in [0.25, 0.3) is 0 Å². The first-order valence-corrected chi connectivity index (χ1v) is 4.25. The minimum Gasteiger partial charge on any atom is -0.441 e. The third kappa shape index (κ3) is 3.16. The fourth-order valence-electron chi connectivity index (χ4n) is 0.825. The molecule has 0 aliphatic heterocycles. The van der Waals surface area contributed by atoms with Crippen LogP contribution in [0.5, 0.6) is 5.75 Å². The summed E-state index contributed by atoms with van der Waals surface area (Å²) in [5.74, 6) is -0.323. The first-order valence-electron chi connectivity index (χ1n) is 3.84. The van der Waals surface area contributed by atoms with Crippen molar-refractivity contribution in [2.24, 2.45) is 0 Å². The molecule has 0 atom stereocenters. The van der Waals surface area contributed by atoms with Gasteiger partial charge in [0.2, 0.25) is 0 Å². The van der Waals surface area contributed by atoms with Crippen LogP contribution in [-0.4, -0.2) is 16.2 Å². The molecule has 0 heterocycles. The molecule has 0 amide bonds. The van der Waals surface area contributed by atoms with Crippen LogP contribution in [0.15, 0.2) is 24.3 Å². The second kappa shape index (κ2) is 4.44. The van der Waals surface area contributed by atoms with Crippen LogP contribution in [0.2, 0.25) is 0 Å². The Kier molecular flexibility index (Phi) is 3.43. The molecular weight excluding hydrogens is 247 g/mol. The molecule has 0 aliphatic rings. The Balaban J connectivity index is 2.87. The van der Waals surface area contributed by atoms with Gasteiger partial charge in [-0.1, -0.05) is 6.07 Å². The quantitative estimate of drug-likeness (QED) is 0.460. The van der Waals surface area contributed by atoms with Gasteiger partial charge in [0.25, 0.3) is 10.7 Å². The molecule has 1 aromatic rings. The van der Waals surface area contributed by atoms with E-state index < -0.39 is 16.2 Å². The third-order valence-electron chi connectivity index (χ3n) is 1.47. The van der Waals surface area contributed by atoms with Gasteiger partial charge in [-0.15, -0.1) is 0 Å². The first-order chi connectivity index (χ1) is 7.30. The lowest BCUT2D eigenvalue weighted by molar-refractivity contribution is -0.384. The van der Waals surface area contributed by atoms with Gasteiger partial charge in [0, 0.05) is 6.07 Å². The van der Waals surface area contributed by atoms with Crippen molar-refractivity contribution in [1.82, 2.24) is 0 Å². The topological polar surface area (TPSA) is 52.4 Å². The number of hydrogen-bond acceptors (Lipinski definition) is 4. The minimum absolute atomic E-state index is 0.323. The maximum Gasteiger partial charge on any atom is 0.460 e. The molecule has 4 nitrogen and oxygen atoms in total. The Bertz CT molecular complexity index is 433. The number of nitro groups is 1. The molecule has 0 aromatic heterocycles. The molecule has 0 spiro atoms. The average Bonchev–Trinajstić information content (AvgIpc) is 2.16. The van der Waals surface area contributed by atoms with Gasteiger partial charge < -0.3 is 4.74 Å². The summed E-state index contributed by atoms with van der Waals surface area (Å²) in [6.07, 6.45) is -4.76. The Hall–Kier alpha value is -1.70. The van der Waals surface area contributed by atoms with Crippen molar-refractivity contribution < 1.29 is 22.8 Å². The average molecular weight is 251 g/mol. The molecule has 0 unspecified atom stereocenters. The summed E-state index contributed by atoms with van der Waals surface area (Å²) < 4.78 is 40.3. The van der Waals surface area contributed by atoms with Crippen molar-refractivity contribution in [2.75, 3.05) is 0 Å². The first kappa shape index (κ1) is 12.4. The van der Waals surface area contributed by atoms with E-state index in [0.717, 1.165) is 18.2 Å².